The highest BCUT2D eigenvalue weighted by Gasteiger charge is 2.27. The van der Waals surface area contributed by atoms with Gasteiger partial charge in [-0.3, -0.25) is 4.90 Å². The van der Waals surface area contributed by atoms with E-state index in [9.17, 15) is 4.79 Å². The number of urea groups is 1. The van der Waals surface area contributed by atoms with Crippen molar-refractivity contribution in [1.82, 2.24) is 24.7 Å². The monoisotopic (exact) mass is 383 g/mol. The number of ether oxygens (including phenoxy) is 1. The zero-order chi connectivity index (χ0) is 19.3. The van der Waals surface area contributed by atoms with Crippen molar-refractivity contribution in [2.24, 2.45) is 7.05 Å². The van der Waals surface area contributed by atoms with E-state index in [1.54, 1.807) is 6.20 Å². The molecule has 2 aromatic rings. The van der Waals surface area contributed by atoms with E-state index in [2.05, 4.69) is 15.2 Å². The minimum absolute atomic E-state index is 0.0337. The van der Waals surface area contributed by atoms with Gasteiger partial charge in [0.25, 0.3) is 0 Å². The quantitative estimate of drug-likeness (QED) is 0.858. The molecule has 0 spiro atoms. The van der Waals surface area contributed by atoms with Gasteiger partial charge in [-0.1, -0.05) is 30.3 Å². The van der Waals surface area contributed by atoms with Crippen LogP contribution in [0.3, 0.4) is 0 Å². The third-order valence-corrected chi connectivity index (χ3v) is 5.66. The van der Waals surface area contributed by atoms with Crippen molar-refractivity contribution in [1.29, 1.82) is 0 Å². The number of aryl methyl sites for hydroxylation is 1. The van der Waals surface area contributed by atoms with E-state index < -0.39 is 0 Å². The fraction of sp³-hybridized carbons (Fsp3) is 0.524. The van der Waals surface area contributed by atoms with E-state index in [4.69, 9.17) is 4.74 Å². The van der Waals surface area contributed by atoms with Gasteiger partial charge in [-0.2, -0.15) is 0 Å². The number of aromatic nitrogens is 2. The van der Waals surface area contributed by atoms with E-state index >= 15 is 0 Å². The number of carbonyl (C=O) groups is 1. The molecule has 28 heavy (non-hydrogen) atoms. The second kappa shape index (κ2) is 8.75. The molecule has 1 aromatic carbocycles. The lowest BCUT2D eigenvalue weighted by atomic mass is 10.1. The van der Waals surface area contributed by atoms with Gasteiger partial charge in [-0.25, -0.2) is 9.78 Å². The Morgan fingerprint density at radius 1 is 1.25 bits per heavy atom. The molecule has 1 N–H and O–H groups in total. The fourth-order valence-corrected chi connectivity index (χ4v) is 4.02. The van der Waals surface area contributed by atoms with Gasteiger partial charge in [0.15, 0.2) is 0 Å². The predicted octanol–water partition coefficient (Wildman–Crippen LogP) is 2.02. The summed E-state index contributed by atoms with van der Waals surface area (Å²) in [6, 6.07) is 9.71. The SMILES string of the molecule is Cn1ccnc1C(NC(=O)N1CCN(CC2CCCO2)CC1)c1ccccc1. The fourth-order valence-electron chi connectivity index (χ4n) is 4.02. The number of hydrogen-bond donors (Lipinski definition) is 1. The molecule has 0 bridgehead atoms. The van der Waals surface area contributed by atoms with Gasteiger partial charge in [0, 0.05) is 58.8 Å². The number of rotatable bonds is 5. The molecule has 2 fully saturated rings. The van der Waals surface area contributed by atoms with Crippen LogP contribution in [-0.2, 0) is 11.8 Å². The molecule has 0 radical (unpaired) electrons. The molecule has 7 nitrogen and oxygen atoms in total. The average Bonchev–Trinajstić information content (AvgIpc) is 3.39. The van der Waals surface area contributed by atoms with Gasteiger partial charge >= 0.3 is 6.03 Å². The van der Waals surface area contributed by atoms with Gasteiger partial charge in [0.2, 0.25) is 0 Å². The maximum absolute atomic E-state index is 13.0. The molecule has 3 heterocycles. The van der Waals surface area contributed by atoms with E-state index in [0.717, 1.165) is 57.1 Å². The highest BCUT2D eigenvalue weighted by atomic mass is 16.5. The first-order valence-electron chi connectivity index (χ1n) is 10.1. The van der Waals surface area contributed by atoms with Crippen LogP contribution in [0.4, 0.5) is 4.79 Å². The molecule has 2 aliphatic heterocycles. The highest BCUT2D eigenvalue weighted by Crippen LogP contribution is 2.21. The first kappa shape index (κ1) is 19.0. The first-order chi connectivity index (χ1) is 13.7. The Labute approximate surface area is 166 Å². The number of nitrogens with zero attached hydrogens (tertiary/aromatic N) is 4. The second-order valence-electron chi connectivity index (χ2n) is 7.61. The Balaban J connectivity index is 1.38. The van der Waals surface area contributed by atoms with Crippen LogP contribution >= 0.6 is 0 Å². The standard InChI is InChI=1S/C21H29N5O2/c1-24-10-9-22-20(24)19(17-6-3-2-4-7-17)23-21(27)26-13-11-25(12-14-26)16-18-8-5-15-28-18/h2-4,6-7,9-10,18-19H,5,8,11-16H2,1H3,(H,23,27). The second-order valence-corrected chi connectivity index (χ2v) is 7.61. The molecule has 2 aliphatic rings. The summed E-state index contributed by atoms with van der Waals surface area (Å²) in [5, 5.41) is 3.19. The molecule has 1 aromatic heterocycles. The normalized spacial score (nSPS) is 21.6. The van der Waals surface area contributed by atoms with Crippen LogP contribution < -0.4 is 5.32 Å². The van der Waals surface area contributed by atoms with Crippen molar-refractivity contribution in [2.75, 3.05) is 39.3 Å². The molecule has 2 saturated heterocycles. The number of piperazine rings is 1. The summed E-state index contributed by atoms with van der Waals surface area (Å²) in [6.45, 7) is 5.13. The molecule has 7 heteroatoms. The first-order valence-corrected chi connectivity index (χ1v) is 10.1. The predicted molar refractivity (Wildman–Crippen MR) is 107 cm³/mol. The molecule has 2 unspecified atom stereocenters. The summed E-state index contributed by atoms with van der Waals surface area (Å²) < 4.78 is 7.70. The van der Waals surface area contributed by atoms with Crippen molar-refractivity contribution >= 4 is 6.03 Å². The Hall–Kier alpha value is -2.38. The van der Waals surface area contributed by atoms with Gasteiger partial charge < -0.3 is 19.5 Å². The largest absolute Gasteiger partial charge is 0.377 e. The van der Waals surface area contributed by atoms with Crippen molar-refractivity contribution in [3.8, 4) is 0 Å². The molecule has 4 rings (SSSR count). The third kappa shape index (κ3) is 4.36. The molecular weight excluding hydrogens is 354 g/mol. The zero-order valence-corrected chi connectivity index (χ0v) is 16.5. The lowest BCUT2D eigenvalue weighted by Gasteiger charge is -2.36. The number of hydrogen-bond acceptors (Lipinski definition) is 4. The highest BCUT2D eigenvalue weighted by molar-refractivity contribution is 5.75. The zero-order valence-electron chi connectivity index (χ0n) is 16.5. The number of carbonyl (C=O) groups excluding carboxylic acids is 1. The third-order valence-electron chi connectivity index (χ3n) is 5.66. The van der Waals surface area contributed by atoms with E-state index in [0.29, 0.717) is 6.10 Å². The van der Waals surface area contributed by atoms with Crippen LogP contribution in [0.25, 0.3) is 0 Å². The lowest BCUT2D eigenvalue weighted by molar-refractivity contribution is 0.0559. The minimum atomic E-state index is -0.265. The summed E-state index contributed by atoms with van der Waals surface area (Å²) in [4.78, 5) is 21.8. The van der Waals surface area contributed by atoms with Gasteiger partial charge in [-0.15, -0.1) is 0 Å². The number of benzene rings is 1. The molecular formula is C21H29N5O2. The summed E-state index contributed by atoms with van der Waals surface area (Å²) in [5.74, 6) is 0.830. The molecule has 0 saturated carbocycles. The Morgan fingerprint density at radius 2 is 2.04 bits per heavy atom. The molecule has 2 amide bonds. The van der Waals surface area contributed by atoms with Gasteiger partial charge in [-0.05, 0) is 18.4 Å². The van der Waals surface area contributed by atoms with Crippen LogP contribution in [0.2, 0.25) is 0 Å². The van der Waals surface area contributed by atoms with Crippen molar-refractivity contribution in [3.05, 3.63) is 54.1 Å². The van der Waals surface area contributed by atoms with Crippen LogP contribution in [-0.4, -0.2) is 70.8 Å². The lowest BCUT2D eigenvalue weighted by Crippen LogP contribution is -2.53. The summed E-state index contributed by atoms with van der Waals surface area (Å²) in [7, 11) is 1.95. The van der Waals surface area contributed by atoms with Crippen molar-refractivity contribution < 1.29 is 9.53 Å². The van der Waals surface area contributed by atoms with Crippen LogP contribution in [0.1, 0.15) is 30.3 Å². The smallest absolute Gasteiger partial charge is 0.318 e. The van der Waals surface area contributed by atoms with Crippen LogP contribution in [0.5, 0.6) is 0 Å². The van der Waals surface area contributed by atoms with Gasteiger partial charge in [0.05, 0.1) is 6.10 Å². The molecule has 0 aliphatic carbocycles. The van der Waals surface area contributed by atoms with Crippen molar-refractivity contribution in [3.63, 3.8) is 0 Å². The summed E-state index contributed by atoms with van der Waals surface area (Å²) >= 11 is 0. The number of imidazole rings is 1. The van der Waals surface area contributed by atoms with Crippen molar-refractivity contribution in [2.45, 2.75) is 25.0 Å². The summed E-state index contributed by atoms with van der Waals surface area (Å²) in [5.41, 5.74) is 1.03. The Morgan fingerprint density at radius 3 is 2.68 bits per heavy atom. The Kier molecular flexibility index (Phi) is 5.92. The maximum atomic E-state index is 13.0. The minimum Gasteiger partial charge on any atom is -0.377 e. The summed E-state index contributed by atoms with van der Waals surface area (Å²) in [6.07, 6.45) is 6.36. The molecule has 150 valence electrons. The Bertz CT molecular complexity index is 764. The van der Waals surface area contributed by atoms with Crippen LogP contribution in [0, 0.1) is 0 Å². The van der Waals surface area contributed by atoms with E-state index in [1.807, 2.05) is 53.0 Å². The average molecular weight is 383 g/mol. The molecule has 2 atom stereocenters. The number of amides is 2. The topological polar surface area (TPSA) is 62.6 Å². The maximum Gasteiger partial charge on any atom is 0.318 e. The van der Waals surface area contributed by atoms with E-state index in [1.165, 1.54) is 6.42 Å². The van der Waals surface area contributed by atoms with Crippen LogP contribution in [0.15, 0.2) is 42.7 Å². The van der Waals surface area contributed by atoms with E-state index in [-0.39, 0.29) is 12.1 Å². The number of nitrogens with one attached hydrogen (secondary N) is 1. The van der Waals surface area contributed by atoms with Gasteiger partial charge in [0.1, 0.15) is 11.9 Å².